The third kappa shape index (κ3) is 4.86. The van der Waals surface area contributed by atoms with E-state index in [-0.39, 0.29) is 5.91 Å². The Hall–Kier alpha value is -2.86. The minimum atomic E-state index is -0.123. The lowest BCUT2D eigenvalue weighted by Gasteiger charge is -2.19. The van der Waals surface area contributed by atoms with E-state index in [0.29, 0.717) is 23.7 Å². The van der Waals surface area contributed by atoms with Gasteiger partial charge in [-0.2, -0.15) is 0 Å². The summed E-state index contributed by atoms with van der Waals surface area (Å²) in [6, 6.07) is 18.5. The molecular formula is C21H19BrN2O3. The van der Waals surface area contributed by atoms with Crippen molar-refractivity contribution in [2.24, 2.45) is 0 Å². The topological polar surface area (TPSA) is 51.7 Å². The molecule has 0 saturated carbocycles. The van der Waals surface area contributed by atoms with E-state index in [0.717, 1.165) is 15.8 Å². The van der Waals surface area contributed by atoms with Crippen molar-refractivity contribution in [3.05, 3.63) is 82.5 Å². The Morgan fingerprint density at radius 1 is 1.11 bits per heavy atom. The van der Waals surface area contributed by atoms with Crippen LogP contribution < -0.4 is 9.47 Å². The first kappa shape index (κ1) is 18.9. The number of ether oxygens (including phenoxy) is 2. The van der Waals surface area contributed by atoms with Gasteiger partial charge >= 0.3 is 0 Å². The Morgan fingerprint density at radius 3 is 2.63 bits per heavy atom. The van der Waals surface area contributed by atoms with Crippen LogP contribution in [0.1, 0.15) is 15.9 Å². The van der Waals surface area contributed by atoms with E-state index in [1.807, 2.05) is 48.5 Å². The van der Waals surface area contributed by atoms with Gasteiger partial charge in [-0.05, 0) is 30.3 Å². The lowest BCUT2D eigenvalue weighted by Crippen LogP contribution is -2.26. The largest absolute Gasteiger partial charge is 0.496 e. The van der Waals surface area contributed by atoms with Crippen molar-refractivity contribution in [3.8, 4) is 17.4 Å². The molecule has 1 amide bonds. The second-order valence-electron chi connectivity index (χ2n) is 5.92. The Morgan fingerprint density at radius 2 is 1.93 bits per heavy atom. The average Bonchev–Trinajstić information content (AvgIpc) is 2.68. The number of aromatic nitrogens is 1. The highest BCUT2D eigenvalue weighted by molar-refractivity contribution is 9.10. The fourth-order valence-electron chi connectivity index (χ4n) is 2.60. The van der Waals surface area contributed by atoms with E-state index in [1.165, 1.54) is 6.20 Å². The van der Waals surface area contributed by atoms with E-state index in [4.69, 9.17) is 9.47 Å². The number of benzene rings is 2. The van der Waals surface area contributed by atoms with Crippen molar-refractivity contribution in [1.29, 1.82) is 0 Å². The van der Waals surface area contributed by atoms with E-state index < -0.39 is 0 Å². The van der Waals surface area contributed by atoms with E-state index >= 15 is 0 Å². The average molecular weight is 427 g/mol. The first-order valence-electron chi connectivity index (χ1n) is 8.33. The fraction of sp³-hybridized carbons (Fsp3) is 0.143. The highest BCUT2D eigenvalue weighted by Gasteiger charge is 2.14. The second kappa shape index (κ2) is 8.68. The molecule has 0 unspecified atom stereocenters. The van der Waals surface area contributed by atoms with Crippen LogP contribution in [0, 0.1) is 0 Å². The highest BCUT2D eigenvalue weighted by atomic mass is 79.9. The SMILES string of the molecule is COc1ccccc1CN(C)C(=O)c1ccc(Oc2cccc(Br)c2)nc1. The summed E-state index contributed by atoms with van der Waals surface area (Å²) in [5.74, 6) is 1.73. The molecule has 1 aromatic heterocycles. The van der Waals surface area contributed by atoms with Gasteiger partial charge in [0, 0.05) is 35.9 Å². The third-order valence-electron chi connectivity index (χ3n) is 3.95. The van der Waals surface area contributed by atoms with Gasteiger partial charge in [0.1, 0.15) is 11.5 Å². The number of rotatable bonds is 6. The molecule has 0 aliphatic heterocycles. The summed E-state index contributed by atoms with van der Waals surface area (Å²) in [4.78, 5) is 18.5. The lowest BCUT2D eigenvalue weighted by molar-refractivity contribution is 0.0783. The zero-order valence-corrected chi connectivity index (χ0v) is 16.6. The van der Waals surface area contributed by atoms with E-state index in [9.17, 15) is 4.79 Å². The molecule has 6 heteroatoms. The van der Waals surface area contributed by atoms with Crippen LogP contribution in [0.4, 0.5) is 0 Å². The van der Waals surface area contributed by atoms with E-state index in [2.05, 4.69) is 20.9 Å². The molecule has 0 saturated heterocycles. The molecule has 0 aliphatic carbocycles. The van der Waals surface area contributed by atoms with Crippen LogP contribution in [0.3, 0.4) is 0 Å². The molecule has 27 heavy (non-hydrogen) atoms. The number of halogens is 1. The molecule has 0 atom stereocenters. The van der Waals surface area contributed by atoms with Crippen LogP contribution in [0.2, 0.25) is 0 Å². The predicted molar refractivity (Wildman–Crippen MR) is 107 cm³/mol. The lowest BCUT2D eigenvalue weighted by atomic mass is 10.1. The van der Waals surface area contributed by atoms with Gasteiger partial charge in [0.05, 0.1) is 12.7 Å². The predicted octanol–water partition coefficient (Wildman–Crippen LogP) is 4.92. The summed E-state index contributed by atoms with van der Waals surface area (Å²) >= 11 is 3.40. The van der Waals surface area contributed by atoms with E-state index in [1.54, 1.807) is 31.2 Å². The number of hydrogen-bond acceptors (Lipinski definition) is 4. The molecule has 3 rings (SSSR count). The number of carbonyl (C=O) groups is 1. The summed E-state index contributed by atoms with van der Waals surface area (Å²) in [6.45, 7) is 0.444. The van der Waals surface area contributed by atoms with Crippen molar-refractivity contribution < 1.29 is 14.3 Å². The second-order valence-corrected chi connectivity index (χ2v) is 6.83. The normalized spacial score (nSPS) is 10.3. The Labute approximate surface area is 166 Å². The molecule has 3 aromatic rings. The summed E-state index contributed by atoms with van der Waals surface area (Å²) in [5.41, 5.74) is 1.44. The molecule has 138 valence electrons. The van der Waals surface area contributed by atoms with Gasteiger partial charge in [-0.15, -0.1) is 0 Å². The van der Waals surface area contributed by atoms with Crippen molar-refractivity contribution in [3.63, 3.8) is 0 Å². The first-order chi connectivity index (χ1) is 13.1. The zero-order chi connectivity index (χ0) is 19.2. The van der Waals surface area contributed by atoms with Gasteiger partial charge < -0.3 is 14.4 Å². The fourth-order valence-corrected chi connectivity index (χ4v) is 2.98. The van der Waals surface area contributed by atoms with Gasteiger partial charge in [-0.3, -0.25) is 4.79 Å². The molecule has 2 aromatic carbocycles. The minimum absolute atomic E-state index is 0.123. The number of methoxy groups -OCH3 is 1. The molecule has 0 bridgehead atoms. The molecule has 0 aliphatic rings. The first-order valence-corrected chi connectivity index (χ1v) is 9.13. The Balaban J connectivity index is 1.68. The number of amides is 1. The molecular weight excluding hydrogens is 408 g/mol. The summed E-state index contributed by atoms with van der Waals surface area (Å²) in [5, 5.41) is 0. The minimum Gasteiger partial charge on any atom is -0.496 e. The zero-order valence-electron chi connectivity index (χ0n) is 15.1. The molecule has 1 heterocycles. The number of nitrogens with zero attached hydrogens (tertiary/aromatic N) is 2. The van der Waals surface area contributed by atoms with Crippen LogP contribution in [-0.4, -0.2) is 29.9 Å². The maximum atomic E-state index is 12.7. The van der Waals surface area contributed by atoms with Gasteiger partial charge in [0.2, 0.25) is 5.88 Å². The van der Waals surface area contributed by atoms with Crippen molar-refractivity contribution in [2.75, 3.05) is 14.2 Å². The van der Waals surface area contributed by atoms with Gasteiger partial charge in [0.25, 0.3) is 5.91 Å². The van der Waals surface area contributed by atoms with Crippen LogP contribution in [0.15, 0.2) is 71.3 Å². The standard InChI is InChI=1S/C21H19BrN2O3/c1-24(14-16-6-3-4-9-19(16)26-2)21(25)15-10-11-20(23-13-15)27-18-8-5-7-17(22)12-18/h3-13H,14H2,1-2H3. The number of carbonyl (C=O) groups excluding carboxylic acids is 1. The summed E-state index contributed by atoms with van der Waals surface area (Å²) in [6.07, 6.45) is 1.52. The highest BCUT2D eigenvalue weighted by Crippen LogP contribution is 2.23. The van der Waals surface area contributed by atoms with Crippen LogP contribution in [0.25, 0.3) is 0 Å². The molecule has 0 N–H and O–H groups in total. The summed E-state index contributed by atoms with van der Waals surface area (Å²) in [7, 11) is 3.37. The van der Waals surface area contributed by atoms with Crippen molar-refractivity contribution in [1.82, 2.24) is 9.88 Å². The Kier molecular flexibility index (Phi) is 6.08. The number of hydrogen-bond donors (Lipinski definition) is 0. The monoisotopic (exact) mass is 426 g/mol. The summed E-state index contributed by atoms with van der Waals surface area (Å²) < 4.78 is 12.0. The van der Waals surface area contributed by atoms with Gasteiger partial charge in [-0.1, -0.05) is 40.2 Å². The van der Waals surface area contributed by atoms with Gasteiger partial charge in [0.15, 0.2) is 0 Å². The molecule has 0 fully saturated rings. The molecule has 0 radical (unpaired) electrons. The number of para-hydroxylation sites is 1. The maximum absolute atomic E-state index is 12.7. The number of pyridine rings is 1. The molecule has 5 nitrogen and oxygen atoms in total. The van der Waals surface area contributed by atoms with Crippen LogP contribution >= 0.6 is 15.9 Å². The van der Waals surface area contributed by atoms with Crippen LogP contribution in [-0.2, 0) is 6.54 Å². The smallest absolute Gasteiger partial charge is 0.255 e. The van der Waals surface area contributed by atoms with Crippen molar-refractivity contribution >= 4 is 21.8 Å². The maximum Gasteiger partial charge on any atom is 0.255 e. The Bertz CT molecular complexity index is 929. The quantitative estimate of drug-likeness (QED) is 0.561. The van der Waals surface area contributed by atoms with Crippen molar-refractivity contribution in [2.45, 2.75) is 6.54 Å². The van der Waals surface area contributed by atoms with Gasteiger partial charge in [-0.25, -0.2) is 4.98 Å². The third-order valence-corrected chi connectivity index (χ3v) is 4.44. The molecule has 0 spiro atoms. The van der Waals surface area contributed by atoms with Crippen LogP contribution in [0.5, 0.6) is 17.4 Å².